The van der Waals surface area contributed by atoms with Crippen molar-refractivity contribution < 1.29 is 58.2 Å². The van der Waals surface area contributed by atoms with Crippen molar-refractivity contribution >= 4 is 23.7 Å². The number of ether oxygens (including phenoxy) is 5. The molecule has 8 rings (SSSR count). The van der Waals surface area contributed by atoms with Crippen molar-refractivity contribution in [3.8, 4) is 0 Å². The number of esters is 3. The fourth-order valence-electron chi connectivity index (χ4n) is 12.8. The Bertz CT molecular complexity index is 1460. The molecular weight excluding hydrogens is 612 g/mol. The van der Waals surface area contributed by atoms with E-state index in [2.05, 4.69) is 0 Å². The standard InChI is InChI=1S/C35H48O12/c1-12(2)9-19(37)45-29-27-17(44-27)10-16-24(38)25(39)20-15(31(16,29)5)11-18(43-14(4)36)32(6)21-13(3)28-35(46-28)33(7,23(21)26(40)22(20)32)34(8,42)30(41)47-35/h12-13,15-18,20-23,25-29,39-40,42H,9-11H2,1-8H3/t13-,15-,16?,17-,18-,20+,21-,22+,23-,25+,26+,27-,28-,29-,31+,32+,33-,34+,35+/m0/s1. The largest absolute Gasteiger partial charge is 0.462 e. The van der Waals surface area contributed by atoms with Gasteiger partial charge in [-0.1, -0.05) is 34.6 Å². The summed E-state index contributed by atoms with van der Waals surface area (Å²) in [5.74, 6) is -7.75. The first-order valence-electron chi connectivity index (χ1n) is 17.4. The van der Waals surface area contributed by atoms with Gasteiger partial charge < -0.3 is 39.0 Å². The summed E-state index contributed by atoms with van der Waals surface area (Å²) in [4.78, 5) is 53.6. The number of rotatable bonds is 4. The minimum Gasteiger partial charge on any atom is -0.462 e. The Kier molecular flexibility index (Phi) is 6.39. The van der Waals surface area contributed by atoms with Gasteiger partial charge in [0, 0.05) is 47.8 Å². The maximum atomic E-state index is 14.3. The van der Waals surface area contributed by atoms with Gasteiger partial charge in [-0.15, -0.1) is 0 Å². The molecule has 0 aromatic heterocycles. The highest BCUT2D eigenvalue weighted by molar-refractivity contribution is 5.88. The van der Waals surface area contributed by atoms with Gasteiger partial charge in [0.05, 0.1) is 17.6 Å². The number of carbonyl (C=O) groups is 4. The van der Waals surface area contributed by atoms with E-state index in [1.54, 1.807) is 6.92 Å². The van der Waals surface area contributed by atoms with Crippen molar-refractivity contribution in [1.29, 1.82) is 0 Å². The van der Waals surface area contributed by atoms with Crippen LogP contribution in [0.3, 0.4) is 0 Å². The van der Waals surface area contributed by atoms with Gasteiger partial charge in [0.1, 0.15) is 30.5 Å². The van der Waals surface area contributed by atoms with Crippen LogP contribution in [0, 0.1) is 63.6 Å². The number of aliphatic hydroxyl groups excluding tert-OH is 2. The van der Waals surface area contributed by atoms with Crippen molar-refractivity contribution in [2.24, 2.45) is 63.6 Å². The number of fused-ring (bicyclic) bond motifs is 9. The van der Waals surface area contributed by atoms with Crippen LogP contribution in [-0.4, -0.2) is 93.1 Å². The molecule has 3 N–H and O–H groups in total. The van der Waals surface area contributed by atoms with Gasteiger partial charge in [0.2, 0.25) is 5.79 Å². The second-order valence-electron chi connectivity index (χ2n) is 17.3. The highest BCUT2D eigenvalue weighted by atomic mass is 16.8. The number of ketones is 1. The van der Waals surface area contributed by atoms with Gasteiger partial charge in [-0.25, -0.2) is 4.79 Å². The van der Waals surface area contributed by atoms with E-state index in [-0.39, 0.29) is 42.5 Å². The molecule has 5 saturated carbocycles. The molecule has 0 radical (unpaired) electrons. The molecule has 0 amide bonds. The lowest BCUT2D eigenvalue weighted by molar-refractivity contribution is -0.234. The van der Waals surface area contributed by atoms with Crippen LogP contribution < -0.4 is 0 Å². The number of hydrogen-bond acceptors (Lipinski definition) is 12. The molecule has 260 valence electrons. The molecule has 47 heavy (non-hydrogen) atoms. The molecule has 0 aromatic carbocycles. The van der Waals surface area contributed by atoms with Crippen LogP contribution in [-0.2, 0) is 42.9 Å². The first-order valence-corrected chi connectivity index (χ1v) is 17.4. The maximum absolute atomic E-state index is 14.3. The Balaban J connectivity index is 1.28. The number of Topliss-reactive ketones (excluding diaryl/α,β-unsaturated/α-hetero) is 1. The van der Waals surface area contributed by atoms with E-state index >= 15 is 0 Å². The Morgan fingerprint density at radius 1 is 1.00 bits per heavy atom. The van der Waals surface area contributed by atoms with E-state index in [4.69, 9.17) is 23.7 Å². The maximum Gasteiger partial charge on any atom is 0.341 e. The minimum absolute atomic E-state index is 0.0550. The smallest absolute Gasteiger partial charge is 0.341 e. The SMILES string of the molecule is CC(=O)O[C@H]1C[C@H]2[C@H]([C@@H]3[C@@H](O)[C@@H]4[C@H]([C@H](C)[C@@H]5O[C@@]56OC(=O)[C@@](C)(O)[C@]46C)[C@]31C)[C@@H](O)C(=O)C1C[C@@H]3O[C@@H]3[C@H](OC(=O)CC(C)C)[C@@]12C. The number of carbonyl (C=O) groups excluding carboxylic acids is 4. The van der Waals surface area contributed by atoms with Crippen molar-refractivity contribution in [2.75, 3.05) is 0 Å². The summed E-state index contributed by atoms with van der Waals surface area (Å²) >= 11 is 0. The Labute approximate surface area is 274 Å². The second-order valence-corrected chi connectivity index (χ2v) is 17.3. The summed E-state index contributed by atoms with van der Waals surface area (Å²) in [5.41, 5.74) is -5.39. The summed E-state index contributed by atoms with van der Waals surface area (Å²) in [6.45, 7) is 14.1. The summed E-state index contributed by atoms with van der Waals surface area (Å²) in [7, 11) is 0. The number of aliphatic hydroxyl groups is 3. The average Bonchev–Trinajstić information content (AvgIpc) is 3.87. The lowest BCUT2D eigenvalue weighted by atomic mass is 9.41. The van der Waals surface area contributed by atoms with Crippen molar-refractivity contribution in [3.05, 3.63) is 0 Å². The third-order valence-electron chi connectivity index (χ3n) is 15.0. The normalized spacial score (nSPS) is 59.3. The Morgan fingerprint density at radius 3 is 2.32 bits per heavy atom. The predicted molar refractivity (Wildman–Crippen MR) is 159 cm³/mol. The molecular formula is C35H48O12. The molecule has 12 nitrogen and oxygen atoms in total. The third kappa shape index (κ3) is 3.52. The van der Waals surface area contributed by atoms with Crippen LogP contribution in [0.1, 0.15) is 74.7 Å². The highest BCUT2D eigenvalue weighted by Crippen LogP contribution is 2.80. The second kappa shape index (κ2) is 9.35. The van der Waals surface area contributed by atoms with E-state index in [0.717, 1.165) is 0 Å². The zero-order valence-corrected chi connectivity index (χ0v) is 28.3. The van der Waals surface area contributed by atoms with Crippen LogP contribution in [0.2, 0.25) is 0 Å². The molecule has 0 aromatic rings. The van der Waals surface area contributed by atoms with Gasteiger partial charge >= 0.3 is 17.9 Å². The molecule has 12 heteroatoms. The van der Waals surface area contributed by atoms with Crippen LogP contribution in [0.4, 0.5) is 0 Å². The lowest BCUT2D eigenvalue weighted by Gasteiger charge is -2.63. The number of epoxide rings is 2. The van der Waals surface area contributed by atoms with Crippen LogP contribution in [0.5, 0.6) is 0 Å². The molecule has 5 aliphatic carbocycles. The van der Waals surface area contributed by atoms with Crippen molar-refractivity contribution in [3.63, 3.8) is 0 Å². The van der Waals surface area contributed by atoms with E-state index < -0.39 is 112 Å². The molecule has 1 unspecified atom stereocenters. The number of hydrogen-bond donors (Lipinski definition) is 3. The molecule has 19 atom stereocenters. The first kappa shape index (κ1) is 32.1. The minimum atomic E-state index is -2.01. The van der Waals surface area contributed by atoms with Crippen LogP contribution in [0.25, 0.3) is 0 Å². The predicted octanol–water partition coefficient (Wildman–Crippen LogP) is 1.54. The zero-order chi connectivity index (χ0) is 34.1. The molecule has 3 aliphatic heterocycles. The van der Waals surface area contributed by atoms with Crippen molar-refractivity contribution in [1.82, 2.24) is 0 Å². The molecule has 8 aliphatic rings. The summed E-state index contributed by atoms with van der Waals surface area (Å²) in [6.07, 6.45) is -4.61. The van der Waals surface area contributed by atoms with Gasteiger partial charge in [0.15, 0.2) is 11.4 Å². The molecule has 0 bridgehead atoms. The van der Waals surface area contributed by atoms with E-state index in [9.17, 15) is 34.5 Å². The Hall–Kier alpha value is -2.12. The monoisotopic (exact) mass is 660 g/mol. The Morgan fingerprint density at radius 2 is 1.68 bits per heavy atom. The van der Waals surface area contributed by atoms with E-state index in [1.807, 2.05) is 34.6 Å². The fourth-order valence-corrected chi connectivity index (χ4v) is 12.8. The quantitative estimate of drug-likeness (QED) is 0.225. The van der Waals surface area contributed by atoms with Crippen molar-refractivity contribution in [2.45, 2.75) is 129 Å². The topological polar surface area (TPSA) is 182 Å². The molecule has 1 spiro atoms. The average molecular weight is 661 g/mol. The molecule has 3 heterocycles. The summed E-state index contributed by atoms with van der Waals surface area (Å²) in [6, 6.07) is 0. The summed E-state index contributed by atoms with van der Waals surface area (Å²) < 4.78 is 30.4. The lowest BCUT2D eigenvalue weighted by Crippen LogP contribution is -2.70. The van der Waals surface area contributed by atoms with Gasteiger partial charge in [-0.05, 0) is 50.4 Å². The van der Waals surface area contributed by atoms with Gasteiger partial charge in [-0.2, -0.15) is 0 Å². The first-order chi connectivity index (χ1) is 21.8. The van der Waals surface area contributed by atoms with E-state index in [0.29, 0.717) is 6.42 Å². The van der Waals surface area contributed by atoms with Gasteiger partial charge in [-0.3, -0.25) is 14.4 Å². The van der Waals surface area contributed by atoms with Crippen LogP contribution in [0.15, 0.2) is 0 Å². The van der Waals surface area contributed by atoms with E-state index in [1.165, 1.54) is 13.8 Å². The highest BCUT2D eigenvalue weighted by Gasteiger charge is 2.92. The zero-order valence-electron chi connectivity index (χ0n) is 28.3. The fraction of sp³-hybridized carbons (Fsp3) is 0.886. The van der Waals surface area contributed by atoms with Crippen LogP contribution >= 0.6 is 0 Å². The van der Waals surface area contributed by atoms with Gasteiger partial charge in [0.25, 0.3) is 0 Å². The summed E-state index contributed by atoms with van der Waals surface area (Å²) in [5, 5.41) is 36.6. The molecule has 3 saturated heterocycles. The molecule has 8 fully saturated rings. The third-order valence-corrected chi connectivity index (χ3v) is 15.0.